The Kier molecular flexibility index (Phi) is 8.94. The number of nitrogens with zero attached hydrogens (tertiary/aromatic N) is 1. The summed E-state index contributed by atoms with van der Waals surface area (Å²) in [6, 6.07) is 14.4. The summed E-state index contributed by atoms with van der Waals surface area (Å²) in [5.74, 6) is -0.0625. The molecule has 1 radical (unpaired) electrons. The van der Waals surface area contributed by atoms with Gasteiger partial charge in [0, 0.05) is 26.2 Å². The minimum atomic E-state index is -0.125. The van der Waals surface area contributed by atoms with E-state index in [4.69, 9.17) is 10.1 Å². The number of aliphatic hydroxyl groups excluding tert-OH is 1. The molecule has 29 heavy (non-hydrogen) atoms. The van der Waals surface area contributed by atoms with Crippen LogP contribution in [0.3, 0.4) is 0 Å². The first-order valence-electron chi connectivity index (χ1n) is 9.35. The van der Waals surface area contributed by atoms with E-state index in [1.54, 1.807) is 0 Å². The van der Waals surface area contributed by atoms with E-state index in [-0.39, 0.29) is 31.6 Å². The molecule has 1 aromatic heterocycles. The number of aromatic nitrogens is 1. The van der Waals surface area contributed by atoms with Crippen LogP contribution < -0.4 is 0 Å². The predicted octanol–water partition coefficient (Wildman–Crippen LogP) is 6.28. The van der Waals surface area contributed by atoms with Crippen molar-refractivity contribution in [1.82, 2.24) is 4.98 Å². The summed E-state index contributed by atoms with van der Waals surface area (Å²) < 4.78 is 0. The average Bonchev–Trinajstić information content (AvgIpc) is 2.57. The number of aryl methyl sites for hydroxylation is 5. The molecule has 1 N–H and O–H groups in total. The topological polar surface area (TPSA) is 50.2 Å². The zero-order valence-electron chi connectivity index (χ0n) is 18.1. The zero-order valence-corrected chi connectivity index (χ0v) is 20.5. The molecule has 3 nitrogen and oxygen atoms in total. The fourth-order valence-corrected chi connectivity index (χ4v) is 3.08. The molecule has 155 valence electrons. The summed E-state index contributed by atoms with van der Waals surface area (Å²) in [6.07, 6.45) is 1.17. The second-order valence-corrected chi connectivity index (χ2v) is 7.38. The Bertz CT molecular complexity index is 1060. The van der Waals surface area contributed by atoms with E-state index >= 15 is 0 Å². The number of carbonyl (C=O) groups excluding carboxylic acids is 1. The molecule has 0 fully saturated rings. The van der Waals surface area contributed by atoms with Crippen LogP contribution in [0.15, 0.2) is 42.2 Å². The fourth-order valence-electron chi connectivity index (χ4n) is 3.08. The molecule has 0 aliphatic rings. The van der Waals surface area contributed by atoms with Crippen molar-refractivity contribution in [3.05, 3.63) is 76.1 Å². The number of pyridine rings is 1. The smallest absolute Gasteiger partial charge is 0.155 e. The van der Waals surface area contributed by atoms with Crippen molar-refractivity contribution in [3.63, 3.8) is 0 Å². The van der Waals surface area contributed by atoms with Gasteiger partial charge in [-0.1, -0.05) is 44.0 Å². The number of benzene rings is 2. The van der Waals surface area contributed by atoms with Crippen molar-refractivity contribution < 1.29 is 30.0 Å². The van der Waals surface area contributed by atoms with Crippen molar-refractivity contribution >= 4 is 16.7 Å². The third kappa shape index (κ3) is 6.62. The van der Waals surface area contributed by atoms with Gasteiger partial charge in [-0.05, 0) is 50.9 Å². The van der Waals surface area contributed by atoms with Crippen LogP contribution in [0.5, 0.6) is 0 Å². The predicted molar refractivity (Wildman–Crippen MR) is 117 cm³/mol. The van der Waals surface area contributed by atoms with Crippen molar-refractivity contribution in [2.45, 2.75) is 48.5 Å². The maximum absolute atomic E-state index is 10.0. The monoisotopic (exact) mass is 567 g/mol. The number of rotatable bonds is 2. The van der Waals surface area contributed by atoms with Crippen LogP contribution in [-0.2, 0) is 24.9 Å². The first-order valence-corrected chi connectivity index (χ1v) is 9.35. The first-order chi connectivity index (χ1) is 13.1. The van der Waals surface area contributed by atoms with E-state index in [0.29, 0.717) is 0 Å². The van der Waals surface area contributed by atoms with E-state index in [1.807, 2.05) is 0 Å². The molecule has 1 heterocycles. The Morgan fingerprint density at radius 3 is 2.17 bits per heavy atom. The van der Waals surface area contributed by atoms with Crippen molar-refractivity contribution in [1.29, 1.82) is 0 Å². The third-order valence-corrected chi connectivity index (χ3v) is 4.54. The molecule has 0 saturated carbocycles. The Labute approximate surface area is 187 Å². The molecule has 0 aliphatic carbocycles. The number of fused-ring (bicyclic) bond motifs is 1. The maximum Gasteiger partial charge on any atom is 0.155 e. The van der Waals surface area contributed by atoms with Crippen LogP contribution in [0, 0.1) is 40.7 Å². The SMILES string of the molecule is CC(=O)/C=C(/C)O.Cc1ccc2nc(-c3[c-]c(C)c(C)cc3C)c(C)cc2c1.[Ir]. The van der Waals surface area contributed by atoms with Gasteiger partial charge in [0.15, 0.2) is 5.78 Å². The van der Waals surface area contributed by atoms with Crippen LogP contribution in [0.2, 0.25) is 0 Å². The summed E-state index contributed by atoms with van der Waals surface area (Å²) in [6.45, 7) is 13.5. The second-order valence-electron chi connectivity index (χ2n) is 7.38. The van der Waals surface area contributed by atoms with Gasteiger partial charge >= 0.3 is 0 Å². The summed E-state index contributed by atoms with van der Waals surface area (Å²) in [5, 5.41) is 9.57. The summed E-state index contributed by atoms with van der Waals surface area (Å²) in [4.78, 5) is 14.9. The van der Waals surface area contributed by atoms with Gasteiger partial charge in [-0.2, -0.15) is 0 Å². The normalized spacial score (nSPS) is 10.8. The van der Waals surface area contributed by atoms with Crippen LogP contribution in [0.1, 0.15) is 41.7 Å². The van der Waals surface area contributed by atoms with E-state index in [1.165, 1.54) is 53.1 Å². The average molecular weight is 567 g/mol. The number of aliphatic hydroxyl groups is 1. The van der Waals surface area contributed by atoms with Gasteiger partial charge < -0.3 is 5.11 Å². The molecule has 0 amide bonds. The molecular weight excluding hydrogens is 538 g/mol. The molecule has 0 bridgehead atoms. The van der Waals surface area contributed by atoms with E-state index in [0.717, 1.165) is 16.8 Å². The van der Waals surface area contributed by atoms with Gasteiger partial charge in [-0.15, -0.1) is 34.4 Å². The minimum absolute atomic E-state index is 0. The Balaban J connectivity index is 0.000000456. The number of carbonyl (C=O) groups is 1. The van der Waals surface area contributed by atoms with Gasteiger partial charge in [0.05, 0.1) is 11.3 Å². The molecule has 2 aromatic carbocycles. The molecule has 3 rings (SSSR count). The zero-order chi connectivity index (χ0) is 21.0. The van der Waals surface area contributed by atoms with Crippen LogP contribution in [0.25, 0.3) is 22.2 Å². The van der Waals surface area contributed by atoms with Crippen molar-refractivity contribution in [2.75, 3.05) is 0 Å². The number of hydrogen-bond donors (Lipinski definition) is 1. The molecule has 0 spiro atoms. The number of allylic oxidation sites excluding steroid dienone is 2. The number of ketones is 1. The molecule has 0 unspecified atom stereocenters. The van der Waals surface area contributed by atoms with E-state index in [2.05, 4.69) is 71.0 Å². The van der Waals surface area contributed by atoms with Gasteiger partial charge in [0.1, 0.15) is 0 Å². The summed E-state index contributed by atoms with van der Waals surface area (Å²) in [5.41, 5.74) is 9.41. The molecule has 0 aliphatic heterocycles. The first kappa shape index (κ1) is 24.7. The van der Waals surface area contributed by atoms with Gasteiger partial charge in [-0.3, -0.25) is 9.78 Å². The number of hydrogen-bond acceptors (Lipinski definition) is 3. The summed E-state index contributed by atoms with van der Waals surface area (Å²) >= 11 is 0. The Morgan fingerprint density at radius 2 is 1.62 bits per heavy atom. The van der Waals surface area contributed by atoms with E-state index < -0.39 is 0 Å². The standard InChI is InChI=1S/C20H20N.C5H8O2.Ir/c1-12-6-7-19-17(8-12)10-16(5)20(21-19)18-11-14(3)13(2)9-15(18)4;1-4(6)3-5(2)7;/h6-10H,1-5H3;3,6H,1-2H3;/q-1;;/b;4-3-;. The molecular formula is C25H28IrNO2-. The second kappa shape index (κ2) is 10.5. The summed E-state index contributed by atoms with van der Waals surface area (Å²) in [7, 11) is 0. The van der Waals surface area contributed by atoms with E-state index in [9.17, 15) is 4.79 Å². The third-order valence-electron chi connectivity index (χ3n) is 4.54. The van der Waals surface area contributed by atoms with Crippen molar-refractivity contribution in [3.8, 4) is 11.3 Å². The molecule has 4 heteroatoms. The molecule has 0 saturated heterocycles. The molecule has 3 aromatic rings. The molecule has 0 atom stereocenters. The minimum Gasteiger partial charge on any atom is -0.512 e. The fraction of sp³-hybridized carbons (Fsp3) is 0.280. The van der Waals surface area contributed by atoms with Crippen LogP contribution >= 0.6 is 0 Å². The quantitative estimate of drug-likeness (QED) is 0.226. The largest absolute Gasteiger partial charge is 0.512 e. The van der Waals surface area contributed by atoms with Crippen molar-refractivity contribution in [2.24, 2.45) is 0 Å². The Morgan fingerprint density at radius 1 is 0.966 bits per heavy atom. The Hall–Kier alpha value is -2.29. The van der Waals surface area contributed by atoms with Gasteiger partial charge in [0.2, 0.25) is 0 Å². The van der Waals surface area contributed by atoms with Crippen LogP contribution in [-0.4, -0.2) is 15.9 Å². The van der Waals surface area contributed by atoms with Gasteiger partial charge in [-0.25, -0.2) is 0 Å². The van der Waals surface area contributed by atoms with Gasteiger partial charge in [0.25, 0.3) is 0 Å². The van der Waals surface area contributed by atoms with Crippen LogP contribution in [0.4, 0.5) is 0 Å². The maximum atomic E-state index is 10.0.